The maximum absolute atomic E-state index is 12.5. The molecule has 1 aromatic carbocycles. The van der Waals surface area contributed by atoms with Gasteiger partial charge in [-0.15, -0.1) is 0 Å². The number of nitrogens with two attached hydrogens (primary N) is 1. The van der Waals surface area contributed by atoms with E-state index in [1.165, 1.54) is 0 Å². The summed E-state index contributed by atoms with van der Waals surface area (Å²) in [5.41, 5.74) is 6.93. The zero-order valence-electron chi connectivity index (χ0n) is 12.9. The predicted octanol–water partition coefficient (Wildman–Crippen LogP) is 2.03. The Labute approximate surface area is 121 Å². The minimum absolute atomic E-state index is 0.0293. The summed E-state index contributed by atoms with van der Waals surface area (Å²) in [6, 6.07) is 9.41. The molecule has 1 aromatic rings. The Bertz CT molecular complexity index is 412. The van der Waals surface area contributed by atoms with Gasteiger partial charge in [-0.1, -0.05) is 51.1 Å². The summed E-state index contributed by atoms with van der Waals surface area (Å²) >= 11 is 0. The van der Waals surface area contributed by atoms with Crippen LogP contribution < -0.4 is 5.73 Å². The third kappa shape index (κ3) is 4.94. The lowest BCUT2D eigenvalue weighted by molar-refractivity contribution is -0.136. The van der Waals surface area contributed by atoms with Crippen LogP contribution in [0.2, 0.25) is 0 Å². The third-order valence-corrected chi connectivity index (χ3v) is 3.29. The Balaban J connectivity index is 2.81. The monoisotopic (exact) mass is 278 g/mol. The zero-order valence-corrected chi connectivity index (χ0v) is 12.9. The molecule has 1 atom stereocenters. The first kappa shape index (κ1) is 16.7. The minimum atomic E-state index is -0.511. The number of methoxy groups -OCH3 is 1. The quantitative estimate of drug-likeness (QED) is 0.866. The van der Waals surface area contributed by atoms with E-state index in [0.717, 1.165) is 5.56 Å². The molecule has 0 aromatic heterocycles. The Hall–Kier alpha value is -1.39. The fourth-order valence-corrected chi connectivity index (χ4v) is 1.84. The van der Waals surface area contributed by atoms with Crippen molar-refractivity contribution in [3.05, 3.63) is 35.9 Å². The van der Waals surface area contributed by atoms with Gasteiger partial charge in [0.05, 0.1) is 12.6 Å². The lowest BCUT2D eigenvalue weighted by atomic mass is 9.86. The van der Waals surface area contributed by atoms with Crippen molar-refractivity contribution < 1.29 is 9.53 Å². The molecule has 0 aliphatic rings. The normalized spacial score (nSPS) is 13.1. The highest BCUT2D eigenvalue weighted by atomic mass is 16.5. The Morgan fingerprint density at radius 1 is 1.30 bits per heavy atom. The average Bonchev–Trinajstić information content (AvgIpc) is 2.42. The first-order valence-electron chi connectivity index (χ1n) is 6.93. The highest BCUT2D eigenvalue weighted by Gasteiger charge is 2.30. The van der Waals surface area contributed by atoms with Gasteiger partial charge in [0, 0.05) is 20.2 Å². The highest BCUT2D eigenvalue weighted by molar-refractivity contribution is 5.82. The number of benzene rings is 1. The van der Waals surface area contributed by atoms with Crippen LogP contribution in [0, 0.1) is 5.41 Å². The summed E-state index contributed by atoms with van der Waals surface area (Å²) in [5.74, 6) is -0.0293. The van der Waals surface area contributed by atoms with Crippen molar-refractivity contribution in [2.45, 2.75) is 33.4 Å². The van der Waals surface area contributed by atoms with Crippen LogP contribution in [-0.2, 0) is 16.1 Å². The molecule has 0 saturated heterocycles. The van der Waals surface area contributed by atoms with Crippen LogP contribution >= 0.6 is 0 Å². The van der Waals surface area contributed by atoms with Crippen molar-refractivity contribution in [1.29, 1.82) is 0 Å². The van der Waals surface area contributed by atoms with Crippen LogP contribution in [0.25, 0.3) is 0 Å². The van der Waals surface area contributed by atoms with Crippen LogP contribution in [-0.4, -0.2) is 37.1 Å². The number of carbonyl (C=O) groups excluding carboxylic acids is 1. The van der Waals surface area contributed by atoms with Crippen LogP contribution in [0.3, 0.4) is 0 Å². The van der Waals surface area contributed by atoms with E-state index >= 15 is 0 Å². The molecule has 1 unspecified atom stereocenters. The molecule has 1 rings (SSSR count). The van der Waals surface area contributed by atoms with E-state index in [-0.39, 0.29) is 11.3 Å². The van der Waals surface area contributed by atoms with Crippen LogP contribution in [0.15, 0.2) is 30.3 Å². The largest absolute Gasteiger partial charge is 0.383 e. The molecule has 0 aliphatic heterocycles. The van der Waals surface area contributed by atoms with Crippen molar-refractivity contribution in [1.82, 2.24) is 4.90 Å². The number of carbonyl (C=O) groups is 1. The maximum atomic E-state index is 12.5. The molecule has 0 aliphatic carbocycles. The molecular formula is C16H26N2O2. The summed E-state index contributed by atoms with van der Waals surface area (Å²) in [6.07, 6.45) is 0. The number of amides is 1. The Morgan fingerprint density at radius 2 is 1.90 bits per heavy atom. The summed E-state index contributed by atoms with van der Waals surface area (Å²) in [4.78, 5) is 14.3. The van der Waals surface area contributed by atoms with E-state index in [1.54, 1.807) is 12.0 Å². The predicted molar refractivity (Wildman–Crippen MR) is 81.2 cm³/mol. The van der Waals surface area contributed by atoms with Gasteiger partial charge < -0.3 is 15.4 Å². The van der Waals surface area contributed by atoms with Crippen molar-refractivity contribution >= 4 is 5.91 Å². The van der Waals surface area contributed by atoms with Crippen LogP contribution in [0.5, 0.6) is 0 Å². The van der Waals surface area contributed by atoms with E-state index in [0.29, 0.717) is 19.7 Å². The van der Waals surface area contributed by atoms with E-state index < -0.39 is 6.04 Å². The molecule has 20 heavy (non-hydrogen) atoms. The number of rotatable bonds is 6. The molecule has 1 amide bonds. The van der Waals surface area contributed by atoms with Crippen molar-refractivity contribution in [3.8, 4) is 0 Å². The first-order valence-corrected chi connectivity index (χ1v) is 6.93. The zero-order chi connectivity index (χ0) is 15.2. The van der Waals surface area contributed by atoms with Gasteiger partial charge in [-0.25, -0.2) is 0 Å². The van der Waals surface area contributed by atoms with Crippen molar-refractivity contribution in [2.75, 3.05) is 20.3 Å². The van der Waals surface area contributed by atoms with Crippen LogP contribution in [0.4, 0.5) is 0 Å². The maximum Gasteiger partial charge on any atom is 0.240 e. The molecule has 0 spiro atoms. The van der Waals surface area contributed by atoms with Crippen molar-refractivity contribution in [3.63, 3.8) is 0 Å². The van der Waals surface area contributed by atoms with Gasteiger partial charge in [0.2, 0.25) is 5.91 Å². The second-order valence-corrected chi connectivity index (χ2v) is 6.08. The average molecular weight is 278 g/mol. The molecular weight excluding hydrogens is 252 g/mol. The fraction of sp³-hybridized carbons (Fsp3) is 0.562. The number of hydrogen-bond donors (Lipinski definition) is 1. The van der Waals surface area contributed by atoms with Gasteiger partial charge in [0.15, 0.2) is 0 Å². The lowest BCUT2D eigenvalue weighted by Gasteiger charge is -2.32. The summed E-state index contributed by atoms with van der Waals surface area (Å²) < 4.78 is 5.09. The minimum Gasteiger partial charge on any atom is -0.383 e. The van der Waals surface area contributed by atoms with E-state index in [4.69, 9.17) is 10.5 Å². The fourth-order valence-electron chi connectivity index (χ4n) is 1.84. The molecule has 4 nitrogen and oxygen atoms in total. The van der Waals surface area contributed by atoms with Gasteiger partial charge in [-0.05, 0) is 11.0 Å². The first-order chi connectivity index (χ1) is 9.36. The molecule has 0 heterocycles. The van der Waals surface area contributed by atoms with Gasteiger partial charge in [0.1, 0.15) is 0 Å². The lowest BCUT2D eigenvalue weighted by Crippen LogP contribution is -2.50. The number of hydrogen-bond acceptors (Lipinski definition) is 3. The van der Waals surface area contributed by atoms with Crippen LogP contribution in [0.1, 0.15) is 26.3 Å². The van der Waals surface area contributed by atoms with E-state index in [2.05, 4.69) is 0 Å². The second kappa shape index (κ2) is 7.41. The summed E-state index contributed by atoms with van der Waals surface area (Å²) in [7, 11) is 1.63. The van der Waals surface area contributed by atoms with Crippen molar-refractivity contribution in [2.24, 2.45) is 11.1 Å². The smallest absolute Gasteiger partial charge is 0.240 e. The summed E-state index contributed by atoms with van der Waals surface area (Å²) in [5, 5.41) is 0. The van der Waals surface area contributed by atoms with E-state index in [9.17, 15) is 4.79 Å². The van der Waals surface area contributed by atoms with Gasteiger partial charge in [-0.2, -0.15) is 0 Å². The number of ether oxygens (including phenoxy) is 1. The molecule has 4 heteroatoms. The number of nitrogens with zero attached hydrogens (tertiary/aromatic N) is 1. The SMILES string of the molecule is COCCN(Cc1ccccc1)C(=O)C(N)C(C)(C)C. The molecule has 0 fully saturated rings. The molecule has 0 bridgehead atoms. The summed E-state index contributed by atoms with van der Waals surface area (Å²) in [6.45, 7) is 7.56. The second-order valence-electron chi connectivity index (χ2n) is 6.08. The Morgan fingerprint density at radius 3 is 2.40 bits per heavy atom. The molecule has 0 saturated carbocycles. The van der Waals surface area contributed by atoms with Gasteiger partial charge in [-0.3, -0.25) is 4.79 Å². The Kier molecular flexibility index (Phi) is 6.17. The molecule has 0 radical (unpaired) electrons. The van der Waals surface area contributed by atoms with E-state index in [1.807, 2.05) is 51.1 Å². The van der Waals surface area contributed by atoms with Gasteiger partial charge in [0.25, 0.3) is 0 Å². The third-order valence-electron chi connectivity index (χ3n) is 3.29. The molecule has 112 valence electrons. The molecule has 2 N–H and O–H groups in total. The standard InChI is InChI=1S/C16H26N2O2/c1-16(2,3)14(17)15(19)18(10-11-20-4)12-13-8-6-5-7-9-13/h5-9,14H,10-12,17H2,1-4H3. The van der Waals surface area contributed by atoms with Gasteiger partial charge >= 0.3 is 0 Å². The highest BCUT2D eigenvalue weighted by Crippen LogP contribution is 2.20. The topological polar surface area (TPSA) is 55.6 Å².